The van der Waals surface area contributed by atoms with Gasteiger partial charge in [0.1, 0.15) is 17.3 Å². The van der Waals surface area contributed by atoms with E-state index in [9.17, 15) is 9.18 Å². The van der Waals surface area contributed by atoms with Crippen LogP contribution in [0.15, 0.2) is 85.2 Å². The first-order valence-corrected chi connectivity index (χ1v) is 9.32. The first-order valence-electron chi connectivity index (χ1n) is 9.32. The number of nitrogens with zero attached hydrogens (tertiary/aromatic N) is 3. The molecule has 0 saturated carbocycles. The van der Waals surface area contributed by atoms with Crippen LogP contribution in [0.1, 0.15) is 16.1 Å². The number of para-hydroxylation sites is 1. The fourth-order valence-corrected chi connectivity index (χ4v) is 2.82. The molecule has 7 heteroatoms. The summed E-state index contributed by atoms with van der Waals surface area (Å²) in [7, 11) is 0. The third kappa shape index (κ3) is 4.64. The lowest BCUT2D eigenvalue weighted by Crippen LogP contribution is -2.24. The van der Waals surface area contributed by atoms with Crippen LogP contribution < -0.4 is 10.6 Å². The molecule has 0 atom stereocenters. The van der Waals surface area contributed by atoms with E-state index >= 15 is 0 Å². The third-order valence-corrected chi connectivity index (χ3v) is 4.30. The van der Waals surface area contributed by atoms with Gasteiger partial charge in [0, 0.05) is 30.6 Å². The molecular weight excluding hydrogens is 381 g/mol. The van der Waals surface area contributed by atoms with Gasteiger partial charge < -0.3 is 10.6 Å². The molecule has 1 amide bonds. The highest BCUT2D eigenvalue weighted by Crippen LogP contribution is 2.22. The molecule has 2 N–H and O–H groups in total. The van der Waals surface area contributed by atoms with Crippen molar-refractivity contribution in [3.05, 3.63) is 102 Å². The predicted molar refractivity (Wildman–Crippen MR) is 113 cm³/mol. The Labute approximate surface area is 172 Å². The van der Waals surface area contributed by atoms with E-state index in [1.165, 1.54) is 12.1 Å². The van der Waals surface area contributed by atoms with Crippen molar-refractivity contribution >= 4 is 17.4 Å². The number of pyridine rings is 1. The van der Waals surface area contributed by atoms with Gasteiger partial charge in [-0.15, -0.1) is 0 Å². The molecule has 0 radical (unpaired) electrons. The Morgan fingerprint density at radius 1 is 0.933 bits per heavy atom. The van der Waals surface area contributed by atoms with E-state index in [2.05, 4.69) is 25.6 Å². The zero-order chi connectivity index (χ0) is 20.8. The second-order valence-corrected chi connectivity index (χ2v) is 6.48. The van der Waals surface area contributed by atoms with Crippen molar-refractivity contribution in [2.75, 3.05) is 5.32 Å². The summed E-state index contributed by atoms with van der Waals surface area (Å²) in [4.78, 5) is 25.7. The lowest BCUT2D eigenvalue weighted by atomic mass is 10.2. The first-order chi connectivity index (χ1) is 14.7. The van der Waals surface area contributed by atoms with Crippen molar-refractivity contribution in [1.82, 2.24) is 20.3 Å². The van der Waals surface area contributed by atoms with Gasteiger partial charge in [-0.2, -0.15) is 0 Å². The lowest BCUT2D eigenvalue weighted by molar-refractivity contribution is 0.0946. The molecular formula is C23H18FN5O. The van der Waals surface area contributed by atoms with Crippen molar-refractivity contribution < 1.29 is 9.18 Å². The number of hydrogen-bond donors (Lipinski definition) is 2. The number of benzene rings is 2. The van der Waals surface area contributed by atoms with Crippen LogP contribution >= 0.6 is 0 Å². The summed E-state index contributed by atoms with van der Waals surface area (Å²) in [5, 5.41) is 5.76. The van der Waals surface area contributed by atoms with E-state index in [0.717, 1.165) is 11.1 Å². The van der Waals surface area contributed by atoms with Crippen LogP contribution in [0.5, 0.6) is 0 Å². The van der Waals surface area contributed by atoms with Gasteiger partial charge in [0.2, 0.25) is 0 Å². The second kappa shape index (κ2) is 8.91. The smallest absolute Gasteiger partial charge is 0.270 e. The zero-order valence-electron chi connectivity index (χ0n) is 15.9. The SMILES string of the molecule is O=C(NCc1cccnc1)c1cc(Nc2ccccc2F)nc(-c2ccccc2)n1. The minimum absolute atomic E-state index is 0.173. The van der Waals surface area contributed by atoms with Crippen molar-refractivity contribution in [2.24, 2.45) is 0 Å². The average molecular weight is 399 g/mol. The number of carbonyl (C=O) groups excluding carboxylic acids is 1. The number of hydrogen-bond acceptors (Lipinski definition) is 5. The van der Waals surface area contributed by atoms with Crippen LogP contribution in [0.2, 0.25) is 0 Å². The number of aromatic nitrogens is 3. The second-order valence-electron chi connectivity index (χ2n) is 6.48. The molecule has 2 aromatic heterocycles. The maximum absolute atomic E-state index is 14.1. The summed E-state index contributed by atoms with van der Waals surface area (Å²) >= 11 is 0. The quantitative estimate of drug-likeness (QED) is 0.504. The molecule has 0 unspecified atom stereocenters. The van der Waals surface area contributed by atoms with Gasteiger partial charge >= 0.3 is 0 Å². The highest BCUT2D eigenvalue weighted by Gasteiger charge is 2.14. The van der Waals surface area contributed by atoms with Gasteiger partial charge in [-0.3, -0.25) is 9.78 Å². The summed E-state index contributed by atoms with van der Waals surface area (Å²) in [6.45, 7) is 0.313. The maximum Gasteiger partial charge on any atom is 0.270 e. The number of halogens is 1. The number of rotatable bonds is 6. The number of carbonyl (C=O) groups is 1. The van der Waals surface area contributed by atoms with Crippen LogP contribution in [-0.4, -0.2) is 20.9 Å². The van der Waals surface area contributed by atoms with Gasteiger partial charge in [-0.25, -0.2) is 14.4 Å². The van der Waals surface area contributed by atoms with Crippen LogP contribution in [0.3, 0.4) is 0 Å². The molecule has 0 bridgehead atoms. The largest absolute Gasteiger partial charge is 0.347 e. The Balaban J connectivity index is 1.65. The Kier molecular flexibility index (Phi) is 5.70. The molecule has 0 aliphatic rings. The van der Waals surface area contributed by atoms with Crippen molar-refractivity contribution in [3.63, 3.8) is 0 Å². The average Bonchev–Trinajstić information content (AvgIpc) is 2.80. The highest BCUT2D eigenvalue weighted by molar-refractivity contribution is 5.93. The van der Waals surface area contributed by atoms with E-state index in [-0.39, 0.29) is 17.3 Å². The van der Waals surface area contributed by atoms with Crippen molar-refractivity contribution in [2.45, 2.75) is 6.54 Å². The van der Waals surface area contributed by atoms with Gasteiger partial charge in [-0.1, -0.05) is 48.5 Å². The summed E-state index contributed by atoms with van der Waals surface area (Å²) in [6, 6.07) is 20.7. The molecule has 0 saturated heterocycles. The molecule has 0 fully saturated rings. The van der Waals surface area contributed by atoms with Crippen LogP contribution in [0.4, 0.5) is 15.9 Å². The topological polar surface area (TPSA) is 79.8 Å². The van der Waals surface area contributed by atoms with E-state index < -0.39 is 5.82 Å². The fourth-order valence-electron chi connectivity index (χ4n) is 2.82. The van der Waals surface area contributed by atoms with E-state index in [1.807, 2.05) is 36.4 Å². The number of anilines is 2. The van der Waals surface area contributed by atoms with E-state index in [0.29, 0.717) is 18.2 Å². The molecule has 2 heterocycles. The van der Waals surface area contributed by atoms with Crippen molar-refractivity contribution in [1.29, 1.82) is 0 Å². The van der Waals surface area contributed by atoms with Gasteiger partial charge in [0.25, 0.3) is 5.91 Å². The third-order valence-electron chi connectivity index (χ3n) is 4.30. The van der Waals surface area contributed by atoms with Crippen LogP contribution in [-0.2, 0) is 6.54 Å². The van der Waals surface area contributed by atoms with Gasteiger partial charge in [0.05, 0.1) is 5.69 Å². The van der Waals surface area contributed by atoms with Gasteiger partial charge in [0.15, 0.2) is 5.82 Å². The lowest BCUT2D eigenvalue weighted by Gasteiger charge is -2.11. The monoisotopic (exact) mass is 399 g/mol. The van der Waals surface area contributed by atoms with Gasteiger partial charge in [-0.05, 0) is 23.8 Å². The van der Waals surface area contributed by atoms with E-state index in [4.69, 9.17) is 0 Å². The molecule has 2 aromatic carbocycles. The standard InChI is InChI=1S/C23H18FN5O/c24-18-10-4-5-11-19(18)27-21-13-20(23(30)26-15-16-7-6-12-25-14-16)28-22(29-21)17-8-2-1-3-9-17/h1-14H,15H2,(H,26,30)(H,27,28,29). The minimum Gasteiger partial charge on any atom is -0.347 e. The van der Waals surface area contributed by atoms with Crippen LogP contribution in [0, 0.1) is 5.82 Å². The maximum atomic E-state index is 14.1. The molecule has 0 spiro atoms. The fraction of sp³-hybridized carbons (Fsp3) is 0.0435. The predicted octanol–water partition coefficient (Wildman–Crippen LogP) is 4.35. The molecule has 6 nitrogen and oxygen atoms in total. The zero-order valence-corrected chi connectivity index (χ0v) is 15.9. The Morgan fingerprint density at radius 3 is 2.50 bits per heavy atom. The summed E-state index contributed by atoms with van der Waals surface area (Å²) in [5.74, 6) is -0.0982. The Bertz CT molecular complexity index is 1150. The Morgan fingerprint density at radius 2 is 1.73 bits per heavy atom. The first kappa shape index (κ1) is 19.2. The van der Waals surface area contributed by atoms with Crippen LogP contribution in [0.25, 0.3) is 11.4 Å². The Hall–Kier alpha value is -4.13. The number of amides is 1. The minimum atomic E-state index is -0.417. The summed E-state index contributed by atoms with van der Waals surface area (Å²) in [5.41, 5.74) is 2.05. The highest BCUT2D eigenvalue weighted by atomic mass is 19.1. The molecule has 0 aliphatic heterocycles. The normalized spacial score (nSPS) is 10.4. The number of nitrogens with one attached hydrogen (secondary N) is 2. The van der Waals surface area contributed by atoms with Crippen molar-refractivity contribution in [3.8, 4) is 11.4 Å². The molecule has 0 aliphatic carbocycles. The molecule has 4 aromatic rings. The van der Waals surface area contributed by atoms with E-state index in [1.54, 1.807) is 36.7 Å². The molecule has 148 valence electrons. The molecule has 4 rings (SSSR count). The summed E-state index contributed by atoms with van der Waals surface area (Å²) < 4.78 is 14.1. The summed E-state index contributed by atoms with van der Waals surface area (Å²) in [6.07, 6.45) is 3.35. The molecule has 30 heavy (non-hydrogen) atoms.